The van der Waals surface area contributed by atoms with Crippen molar-refractivity contribution in [2.45, 2.75) is 25.8 Å². The second-order valence-corrected chi connectivity index (χ2v) is 5.77. The molecular formula is C14H19BrN2O. The van der Waals surface area contributed by atoms with Gasteiger partial charge in [-0.15, -0.1) is 0 Å². The van der Waals surface area contributed by atoms with Crippen LogP contribution in [0.25, 0.3) is 0 Å². The van der Waals surface area contributed by atoms with Crippen molar-refractivity contribution in [3.05, 3.63) is 34.3 Å². The van der Waals surface area contributed by atoms with E-state index in [4.69, 9.17) is 0 Å². The number of hydrogen-bond donors (Lipinski definition) is 2. The molecule has 1 amide bonds. The van der Waals surface area contributed by atoms with Crippen LogP contribution in [0.4, 0.5) is 0 Å². The number of nitrogens with one attached hydrogen (secondary N) is 2. The number of hydrogen-bond acceptors (Lipinski definition) is 2. The number of amides is 1. The van der Waals surface area contributed by atoms with Crippen LogP contribution in [-0.2, 0) is 11.2 Å². The Morgan fingerprint density at radius 3 is 3.00 bits per heavy atom. The molecule has 0 spiro atoms. The standard InChI is InChI=1S/C14H19BrN2O/c1-10-6-7-16-9-13(10)17-14(18)8-11-4-2-3-5-12(11)15/h2-5,10,13,16H,6-9H2,1H3,(H,17,18). The van der Waals surface area contributed by atoms with Gasteiger partial charge in [0, 0.05) is 17.1 Å². The smallest absolute Gasteiger partial charge is 0.224 e. The van der Waals surface area contributed by atoms with Gasteiger partial charge in [-0.3, -0.25) is 4.79 Å². The van der Waals surface area contributed by atoms with Crippen LogP contribution in [0, 0.1) is 5.92 Å². The molecule has 3 nitrogen and oxygen atoms in total. The van der Waals surface area contributed by atoms with E-state index >= 15 is 0 Å². The molecule has 2 unspecified atom stereocenters. The molecule has 98 valence electrons. The number of benzene rings is 1. The predicted octanol–water partition coefficient (Wildman–Crippen LogP) is 2.11. The highest BCUT2D eigenvalue weighted by atomic mass is 79.9. The second kappa shape index (κ2) is 6.34. The molecule has 0 bridgehead atoms. The highest BCUT2D eigenvalue weighted by Gasteiger charge is 2.22. The molecule has 2 atom stereocenters. The fraction of sp³-hybridized carbons (Fsp3) is 0.500. The molecule has 1 fully saturated rings. The Morgan fingerprint density at radius 1 is 1.50 bits per heavy atom. The first-order valence-corrected chi connectivity index (χ1v) is 7.19. The van der Waals surface area contributed by atoms with Gasteiger partial charge >= 0.3 is 0 Å². The van der Waals surface area contributed by atoms with Crippen molar-refractivity contribution in [3.8, 4) is 0 Å². The minimum absolute atomic E-state index is 0.0995. The normalized spacial score (nSPS) is 23.7. The first-order valence-electron chi connectivity index (χ1n) is 6.40. The summed E-state index contributed by atoms with van der Waals surface area (Å²) in [6.07, 6.45) is 1.56. The molecule has 2 rings (SSSR count). The minimum atomic E-state index is 0.0995. The van der Waals surface area contributed by atoms with Crippen molar-refractivity contribution in [3.63, 3.8) is 0 Å². The third kappa shape index (κ3) is 3.56. The molecule has 1 saturated heterocycles. The van der Waals surface area contributed by atoms with E-state index in [0.29, 0.717) is 12.3 Å². The summed E-state index contributed by atoms with van der Waals surface area (Å²) in [6.45, 7) is 4.13. The maximum absolute atomic E-state index is 12.0. The van der Waals surface area contributed by atoms with Gasteiger partial charge in [-0.25, -0.2) is 0 Å². The molecule has 4 heteroatoms. The van der Waals surface area contributed by atoms with Gasteiger partial charge in [-0.1, -0.05) is 41.1 Å². The van der Waals surface area contributed by atoms with E-state index in [1.54, 1.807) is 0 Å². The number of halogens is 1. The molecule has 1 aliphatic heterocycles. The van der Waals surface area contributed by atoms with Crippen LogP contribution in [0.5, 0.6) is 0 Å². The summed E-state index contributed by atoms with van der Waals surface area (Å²) in [5, 5.41) is 6.44. The van der Waals surface area contributed by atoms with Gasteiger partial charge < -0.3 is 10.6 Å². The lowest BCUT2D eigenvalue weighted by molar-refractivity contribution is -0.121. The molecule has 1 heterocycles. The largest absolute Gasteiger partial charge is 0.352 e. The van der Waals surface area contributed by atoms with Crippen LogP contribution >= 0.6 is 15.9 Å². The van der Waals surface area contributed by atoms with Gasteiger partial charge in [0.2, 0.25) is 5.91 Å². The summed E-state index contributed by atoms with van der Waals surface area (Å²) in [4.78, 5) is 12.0. The van der Waals surface area contributed by atoms with E-state index in [2.05, 4.69) is 33.5 Å². The van der Waals surface area contributed by atoms with Crippen LogP contribution in [0.15, 0.2) is 28.7 Å². The zero-order chi connectivity index (χ0) is 13.0. The predicted molar refractivity (Wildman–Crippen MR) is 76.4 cm³/mol. The summed E-state index contributed by atoms with van der Waals surface area (Å²) in [5.74, 6) is 0.650. The van der Waals surface area contributed by atoms with E-state index in [0.717, 1.165) is 29.5 Å². The van der Waals surface area contributed by atoms with Crippen LogP contribution < -0.4 is 10.6 Å². The Kier molecular flexibility index (Phi) is 4.78. The molecular weight excluding hydrogens is 292 g/mol. The van der Waals surface area contributed by atoms with Crippen molar-refractivity contribution in [2.24, 2.45) is 5.92 Å². The molecule has 1 aromatic carbocycles. The van der Waals surface area contributed by atoms with Gasteiger partial charge in [-0.05, 0) is 30.5 Å². The van der Waals surface area contributed by atoms with Gasteiger partial charge in [0.15, 0.2) is 0 Å². The van der Waals surface area contributed by atoms with Gasteiger partial charge in [0.1, 0.15) is 0 Å². The molecule has 0 saturated carbocycles. The van der Waals surface area contributed by atoms with Gasteiger partial charge in [0.25, 0.3) is 0 Å². The molecule has 0 radical (unpaired) electrons. The van der Waals surface area contributed by atoms with Crippen molar-refractivity contribution in [1.29, 1.82) is 0 Å². The minimum Gasteiger partial charge on any atom is -0.352 e. The molecule has 2 N–H and O–H groups in total. The summed E-state index contributed by atoms with van der Waals surface area (Å²) >= 11 is 3.47. The lowest BCUT2D eigenvalue weighted by Gasteiger charge is -2.30. The summed E-state index contributed by atoms with van der Waals surface area (Å²) in [6, 6.07) is 8.12. The summed E-state index contributed by atoms with van der Waals surface area (Å²) in [7, 11) is 0. The zero-order valence-electron chi connectivity index (χ0n) is 10.6. The molecule has 0 aliphatic carbocycles. The van der Waals surface area contributed by atoms with E-state index in [1.807, 2.05) is 24.3 Å². The lowest BCUT2D eigenvalue weighted by atomic mass is 9.94. The SMILES string of the molecule is CC1CCNCC1NC(=O)Cc1ccccc1Br. The van der Waals surface area contributed by atoms with Gasteiger partial charge in [-0.2, -0.15) is 0 Å². The first kappa shape index (κ1) is 13.6. The van der Waals surface area contributed by atoms with Crippen LogP contribution in [0.3, 0.4) is 0 Å². The Labute approximate surface area is 116 Å². The van der Waals surface area contributed by atoms with Crippen LogP contribution in [0.2, 0.25) is 0 Å². The third-order valence-electron chi connectivity index (χ3n) is 3.48. The Hall–Kier alpha value is -0.870. The third-order valence-corrected chi connectivity index (χ3v) is 4.26. The topological polar surface area (TPSA) is 41.1 Å². The highest BCUT2D eigenvalue weighted by Crippen LogP contribution is 2.17. The fourth-order valence-corrected chi connectivity index (χ4v) is 2.68. The van der Waals surface area contributed by atoms with E-state index in [-0.39, 0.29) is 11.9 Å². The average Bonchev–Trinajstić information content (AvgIpc) is 2.35. The molecule has 18 heavy (non-hydrogen) atoms. The molecule has 1 aromatic rings. The highest BCUT2D eigenvalue weighted by molar-refractivity contribution is 9.10. The maximum Gasteiger partial charge on any atom is 0.224 e. The Morgan fingerprint density at radius 2 is 2.28 bits per heavy atom. The quantitative estimate of drug-likeness (QED) is 0.898. The molecule has 1 aliphatic rings. The number of carbonyl (C=O) groups is 1. The van der Waals surface area contributed by atoms with Crippen LogP contribution in [0.1, 0.15) is 18.9 Å². The average molecular weight is 311 g/mol. The Bertz CT molecular complexity index is 422. The molecule has 0 aromatic heterocycles. The van der Waals surface area contributed by atoms with E-state index in [9.17, 15) is 4.79 Å². The second-order valence-electron chi connectivity index (χ2n) is 4.91. The number of rotatable bonds is 3. The van der Waals surface area contributed by atoms with E-state index in [1.165, 1.54) is 0 Å². The first-order chi connectivity index (χ1) is 8.66. The van der Waals surface area contributed by atoms with Crippen molar-refractivity contribution in [1.82, 2.24) is 10.6 Å². The monoisotopic (exact) mass is 310 g/mol. The van der Waals surface area contributed by atoms with Crippen molar-refractivity contribution < 1.29 is 4.79 Å². The summed E-state index contributed by atoms with van der Waals surface area (Å²) < 4.78 is 0.995. The summed E-state index contributed by atoms with van der Waals surface area (Å²) in [5.41, 5.74) is 1.03. The number of carbonyl (C=O) groups excluding carboxylic acids is 1. The fourth-order valence-electron chi connectivity index (χ4n) is 2.26. The zero-order valence-corrected chi connectivity index (χ0v) is 12.2. The van der Waals surface area contributed by atoms with Crippen molar-refractivity contribution >= 4 is 21.8 Å². The van der Waals surface area contributed by atoms with Crippen molar-refractivity contribution in [2.75, 3.05) is 13.1 Å². The number of piperidine rings is 1. The van der Waals surface area contributed by atoms with Gasteiger partial charge in [0.05, 0.1) is 6.42 Å². The van der Waals surface area contributed by atoms with E-state index < -0.39 is 0 Å². The van der Waals surface area contributed by atoms with Crippen LogP contribution in [-0.4, -0.2) is 25.0 Å². The lowest BCUT2D eigenvalue weighted by Crippen LogP contribution is -2.50. The Balaban J connectivity index is 1.90. The maximum atomic E-state index is 12.0.